The minimum Gasteiger partial charge on any atom is -0.316 e. The molecule has 138 valence electrons. The first-order valence-electron chi connectivity index (χ1n) is 9.27. The van der Waals surface area contributed by atoms with Crippen molar-refractivity contribution in [1.29, 1.82) is 0 Å². The van der Waals surface area contributed by atoms with Gasteiger partial charge in [-0.1, -0.05) is 66.7 Å². The summed E-state index contributed by atoms with van der Waals surface area (Å²) in [4.78, 5) is 12.4. The minimum atomic E-state index is -0.0186. The number of hydrogen-bond acceptors (Lipinski definition) is 3. The first kappa shape index (κ1) is 18.7. The van der Waals surface area contributed by atoms with Gasteiger partial charge in [0.05, 0.1) is 11.4 Å². The van der Waals surface area contributed by atoms with E-state index in [1.165, 1.54) is 5.56 Å². The Morgan fingerprint density at radius 3 is 1.78 bits per heavy atom. The molecule has 0 unspecified atom stereocenters. The lowest BCUT2D eigenvalue weighted by Gasteiger charge is -2.25. The Morgan fingerprint density at radius 2 is 1.22 bits per heavy atom. The molecule has 0 saturated heterocycles. The van der Waals surface area contributed by atoms with Crippen molar-refractivity contribution in [2.75, 3.05) is 18.1 Å². The first-order chi connectivity index (χ1) is 13.3. The lowest BCUT2D eigenvalue weighted by atomic mass is 10.1. The third-order valence-electron chi connectivity index (χ3n) is 4.23. The van der Waals surface area contributed by atoms with Crippen LogP contribution in [0.3, 0.4) is 0 Å². The number of hydrazine groups is 1. The average molecular weight is 359 g/mol. The Hall–Kier alpha value is -3.11. The monoisotopic (exact) mass is 359 g/mol. The van der Waals surface area contributed by atoms with Crippen LogP contribution in [0, 0.1) is 0 Å². The summed E-state index contributed by atoms with van der Waals surface area (Å²) in [5, 5.41) is 5.16. The van der Waals surface area contributed by atoms with Crippen molar-refractivity contribution in [3.8, 4) is 0 Å². The van der Waals surface area contributed by atoms with E-state index in [9.17, 15) is 4.79 Å². The number of rotatable bonds is 9. The van der Waals surface area contributed by atoms with E-state index in [-0.39, 0.29) is 5.91 Å². The predicted molar refractivity (Wildman–Crippen MR) is 111 cm³/mol. The van der Waals surface area contributed by atoms with E-state index >= 15 is 0 Å². The summed E-state index contributed by atoms with van der Waals surface area (Å²) >= 11 is 0. The highest BCUT2D eigenvalue weighted by molar-refractivity contribution is 5.80. The number of carbonyl (C=O) groups is 1. The average Bonchev–Trinajstić information content (AvgIpc) is 2.74. The van der Waals surface area contributed by atoms with E-state index in [4.69, 9.17) is 0 Å². The maximum absolute atomic E-state index is 12.4. The number of hydrogen-bond donors (Lipinski definition) is 2. The maximum Gasteiger partial charge on any atom is 0.240 e. The summed E-state index contributed by atoms with van der Waals surface area (Å²) in [6, 6.07) is 30.0. The third-order valence-corrected chi connectivity index (χ3v) is 4.23. The molecule has 0 aromatic heterocycles. The second-order valence-corrected chi connectivity index (χ2v) is 6.28. The SMILES string of the molecule is O=C(CCNCCc1ccccc1)NN(c1ccccc1)c1ccccc1. The van der Waals surface area contributed by atoms with Gasteiger partial charge in [0.2, 0.25) is 5.91 Å². The zero-order valence-electron chi connectivity index (χ0n) is 15.3. The molecule has 0 aliphatic carbocycles. The van der Waals surface area contributed by atoms with E-state index in [0.29, 0.717) is 13.0 Å². The highest BCUT2D eigenvalue weighted by Gasteiger charge is 2.12. The van der Waals surface area contributed by atoms with Crippen molar-refractivity contribution < 1.29 is 4.79 Å². The van der Waals surface area contributed by atoms with Gasteiger partial charge in [0.1, 0.15) is 0 Å². The van der Waals surface area contributed by atoms with Gasteiger partial charge in [-0.3, -0.25) is 15.2 Å². The third kappa shape index (κ3) is 5.97. The molecule has 0 radical (unpaired) electrons. The fourth-order valence-electron chi connectivity index (χ4n) is 2.82. The second kappa shape index (κ2) is 10.1. The molecule has 0 spiro atoms. The molecule has 0 bridgehead atoms. The van der Waals surface area contributed by atoms with Crippen LogP contribution in [-0.4, -0.2) is 19.0 Å². The zero-order valence-corrected chi connectivity index (χ0v) is 15.3. The van der Waals surface area contributed by atoms with Crippen LogP contribution in [0.25, 0.3) is 0 Å². The van der Waals surface area contributed by atoms with E-state index < -0.39 is 0 Å². The molecule has 4 nitrogen and oxygen atoms in total. The standard InChI is InChI=1S/C23H25N3O/c27-23(17-19-24-18-16-20-10-4-1-5-11-20)25-26(21-12-6-2-7-13-21)22-14-8-3-9-15-22/h1-15,24H,16-19H2,(H,25,27). The Bertz CT molecular complexity index is 767. The van der Waals surface area contributed by atoms with Gasteiger partial charge in [0.25, 0.3) is 0 Å². The largest absolute Gasteiger partial charge is 0.316 e. The van der Waals surface area contributed by atoms with E-state index in [0.717, 1.165) is 24.3 Å². The lowest BCUT2D eigenvalue weighted by Crippen LogP contribution is -2.40. The molecule has 3 aromatic rings. The summed E-state index contributed by atoms with van der Waals surface area (Å²) in [7, 11) is 0. The van der Waals surface area contributed by atoms with Gasteiger partial charge >= 0.3 is 0 Å². The Labute approximate surface area is 160 Å². The fraction of sp³-hybridized carbons (Fsp3) is 0.174. The van der Waals surface area contributed by atoms with E-state index in [1.54, 1.807) is 0 Å². The van der Waals surface area contributed by atoms with Crippen LogP contribution in [0.5, 0.6) is 0 Å². The topological polar surface area (TPSA) is 44.4 Å². The van der Waals surface area contributed by atoms with Gasteiger partial charge in [-0.05, 0) is 42.8 Å². The molecule has 0 aliphatic rings. The molecule has 27 heavy (non-hydrogen) atoms. The summed E-state index contributed by atoms with van der Waals surface area (Å²) in [5.74, 6) is -0.0186. The lowest BCUT2D eigenvalue weighted by molar-refractivity contribution is -0.121. The Morgan fingerprint density at radius 1 is 0.704 bits per heavy atom. The maximum atomic E-state index is 12.4. The number of anilines is 2. The quantitative estimate of drug-likeness (QED) is 0.447. The van der Waals surface area contributed by atoms with Gasteiger partial charge in [-0.15, -0.1) is 0 Å². The molecule has 0 heterocycles. The summed E-state index contributed by atoms with van der Waals surface area (Å²) < 4.78 is 0. The summed E-state index contributed by atoms with van der Waals surface area (Å²) in [6.45, 7) is 1.51. The molecular weight excluding hydrogens is 334 g/mol. The molecule has 0 aliphatic heterocycles. The second-order valence-electron chi connectivity index (χ2n) is 6.28. The van der Waals surface area contributed by atoms with Crippen molar-refractivity contribution in [3.63, 3.8) is 0 Å². The number of amides is 1. The van der Waals surface area contributed by atoms with Crippen molar-refractivity contribution >= 4 is 17.3 Å². The molecule has 0 fully saturated rings. The number of nitrogens with one attached hydrogen (secondary N) is 2. The Balaban J connectivity index is 1.49. The number of benzene rings is 3. The van der Waals surface area contributed by atoms with Gasteiger partial charge < -0.3 is 5.32 Å². The molecule has 2 N–H and O–H groups in total. The molecular formula is C23H25N3O. The van der Waals surface area contributed by atoms with Crippen molar-refractivity contribution in [2.45, 2.75) is 12.8 Å². The van der Waals surface area contributed by atoms with Gasteiger partial charge in [-0.25, -0.2) is 0 Å². The van der Waals surface area contributed by atoms with Crippen LogP contribution >= 0.6 is 0 Å². The fourth-order valence-corrected chi connectivity index (χ4v) is 2.82. The normalized spacial score (nSPS) is 10.4. The van der Waals surface area contributed by atoms with Gasteiger partial charge in [0, 0.05) is 13.0 Å². The Kier molecular flexibility index (Phi) is 7.01. The summed E-state index contributed by atoms with van der Waals surface area (Å²) in [6.07, 6.45) is 1.38. The van der Waals surface area contributed by atoms with Crippen molar-refractivity contribution in [1.82, 2.24) is 10.7 Å². The highest BCUT2D eigenvalue weighted by Crippen LogP contribution is 2.22. The number of para-hydroxylation sites is 2. The number of carbonyl (C=O) groups excluding carboxylic acids is 1. The first-order valence-corrected chi connectivity index (χ1v) is 9.27. The number of nitrogens with zero attached hydrogens (tertiary/aromatic N) is 1. The molecule has 0 atom stereocenters. The minimum absolute atomic E-state index is 0.0186. The predicted octanol–water partition coefficient (Wildman–Crippen LogP) is 4.08. The zero-order chi connectivity index (χ0) is 18.7. The van der Waals surface area contributed by atoms with Crippen LogP contribution < -0.4 is 15.8 Å². The molecule has 1 amide bonds. The van der Waals surface area contributed by atoms with Crippen LogP contribution in [-0.2, 0) is 11.2 Å². The van der Waals surface area contributed by atoms with Gasteiger partial charge in [0.15, 0.2) is 0 Å². The van der Waals surface area contributed by atoms with Crippen molar-refractivity contribution in [3.05, 3.63) is 96.6 Å². The van der Waals surface area contributed by atoms with E-state index in [2.05, 4.69) is 22.9 Å². The molecule has 3 rings (SSSR count). The molecule has 3 aromatic carbocycles. The highest BCUT2D eigenvalue weighted by atomic mass is 16.2. The molecule has 0 saturated carbocycles. The van der Waals surface area contributed by atoms with Crippen molar-refractivity contribution in [2.24, 2.45) is 0 Å². The van der Waals surface area contributed by atoms with Crippen LogP contribution in [0.4, 0.5) is 11.4 Å². The molecule has 4 heteroatoms. The van der Waals surface area contributed by atoms with Crippen LogP contribution in [0.1, 0.15) is 12.0 Å². The van der Waals surface area contributed by atoms with Crippen LogP contribution in [0.15, 0.2) is 91.0 Å². The van der Waals surface area contributed by atoms with E-state index in [1.807, 2.05) is 83.9 Å². The summed E-state index contributed by atoms with van der Waals surface area (Å²) in [5.41, 5.74) is 6.16. The van der Waals surface area contributed by atoms with Crippen LogP contribution in [0.2, 0.25) is 0 Å². The van der Waals surface area contributed by atoms with Gasteiger partial charge in [-0.2, -0.15) is 0 Å². The smallest absolute Gasteiger partial charge is 0.240 e.